The van der Waals surface area contributed by atoms with Crippen molar-refractivity contribution < 1.29 is 19.1 Å². The lowest BCUT2D eigenvalue weighted by Crippen LogP contribution is -2.53. The number of amides is 2. The normalized spacial score (nSPS) is 18.3. The van der Waals surface area contributed by atoms with Crippen molar-refractivity contribution in [2.45, 2.75) is 65.5 Å². The second kappa shape index (κ2) is 11.7. The summed E-state index contributed by atoms with van der Waals surface area (Å²) in [6.07, 6.45) is 5.32. The van der Waals surface area contributed by atoms with Gasteiger partial charge in [-0.15, -0.1) is 0 Å². The van der Waals surface area contributed by atoms with E-state index in [4.69, 9.17) is 4.74 Å². The van der Waals surface area contributed by atoms with E-state index < -0.39 is 0 Å². The molecule has 0 saturated carbocycles. The molecule has 27 heavy (non-hydrogen) atoms. The SMILES string of the molecule is CCOC(=O)/C(C)=C/CCN(C)C(=O)CNC(=O)C1CCCCN1C(C)C. The van der Waals surface area contributed by atoms with E-state index in [2.05, 4.69) is 24.1 Å². The second-order valence-corrected chi connectivity index (χ2v) is 7.27. The van der Waals surface area contributed by atoms with Gasteiger partial charge in [0.25, 0.3) is 0 Å². The number of likely N-dealkylation sites (tertiary alicyclic amines) is 1. The number of carbonyl (C=O) groups is 3. The Morgan fingerprint density at radius 1 is 1.30 bits per heavy atom. The minimum Gasteiger partial charge on any atom is -0.463 e. The van der Waals surface area contributed by atoms with E-state index in [1.807, 2.05) is 0 Å². The molecule has 0 aromatic heterocycles. The van der Waals surface area contributed by atoms with Gasteiger partial charge in [-0.2, -0.15) is 0 Å². The molecular formula is C20H35N3O4. The molecule has 1 unspecified atom stereocenters. The van der Waals surface area contributed by atoms with Crippen molar-refractivity contribution in [3.63, 3.8) is 0 Å². The minimum atomic E-state index is -0.332. The first-order valence-corrected chi connectivity index (χ1v) is 9.89. The Hall–Kier alpha value is -1.89. The van der Waals surface area contributed by atoms with Crippen molar-refractivity contribution in [1.82, 2.24) is 15.1 Å². The van der Waals surface area contributed by atoms with Crippen molar-refractivity contribution in [3.8, 4) is 0 Å². The number of rotatable bonds is 9. The van der Waals surface area contributed by atoms with E-state index in [1.54, 1.807) is 31.9 Å². The van der Waals surface area contributed by atoms with Crippen LogP contribution in [0.1, 0.15) is 53.4 Å². The summed E-state index contributed by atoms with van der Waals surface area (Å²) in [6, 6.07) is 0.167. The summed E-state index contributed by atoms with van der Waals surface area (Å²) in [4.78, 5) is 40.0. The number of piperidine rings is 1. The van der Waals surface area contributed by atoms with Crippen LogP contribution in [0, 0.1) is 0 Å². The number of esters is 1. The number of hydrogen-bond donors (Lipinski definition) is 1. The Labute approximate surface area is 163 Å². The number of ether oxygens (including phenoxy) is 1. The zero-order chi connectivity index (χ0) is 20.4. The quantitative estimate of drug-likeness (QED) is 0.486. The first kappa shape index (κ1) is 23.1. The number of nitrogens with one attached hydrogen (secondary N) is 1. The van der Waals surface area contributed by atoms with E-state index >= 15 is 0 Å². The van der Waals surface area contributed by atoms with Gasteiger partial charge in [0, 0.05) is 25.2 Å². The van der Waals surface area contributed by atoms with Crippen LogP contribution in [-0.2, 0) is 19.1 Å². The van der Waals surface area contributed by atoms with Gasteiger partial charge < -0.3 is 15.0 Å². The molecule has 0 spiro atoms. The summed E-state index contributed by atoms with van der Waals surface area (Å²) in [5.41, 5.74) is 0.539. The van der Waals surface area contributed by atoms with E-state index in [1.165, 1.54) is 0 Å². The van der Waals surface area contributed by atoms with Gasteiger partial charge in [-0.25, -0.2) is 4.79 Å². The highest BCUT2D eigenvalue weighted by Gasteiger charge is 2.30. The number of nitrogens with zero attached hydrogens (tertiary/aromatic N) is 2. The van der Waals surface area contributed by atoms with Crippen LogP contribution in [0.2, 0.25) is 0 Å². The maximum Gasteiger partial charge on any atom is 0.333 e. The molecule has 1 aliphatic rings. The summed E-state index contributed by atoms with van der Waals surface area (Å²) >= 11 is 0. The van der Waals surface area contributed by atoms with E-state index in [9.17, 15) is 14.4 Å². The van der Waals surface area contributed by atoms with Gasteiger partial charge in [0.05, 0.1) is 19.2 Å². The lowest BCUT2D eigenvalue weighted by molar-refractivity contribution is -0.138. The van der Waals surface area contributed by atoms with E-state index in [0.717, 1.165) is 25.8 Å². The maximum atomic E-state index is 12.5. The fraction of sp³-hybridized carbons (Fsp3) is 0.750. The molecule has 0 aromatic rings. The van der Waals surface area contributed by atoms with Crippen LogP contribution in [0.15, 0.2) is 11.6 Å². The molecule has 0 aliphatic carbocycles. The van der Waals surface area contributed by atoms with Gasteiger partial charge in [-0.05, 0) is 53.5 Å². The standard InChI is InChI=1S/C20H35N3O4/c1-6-27-20(26)16(4)10-9-12-22(5)18(24)14-21-19(25)17-11-7-8-13-23(17)15(2)3/h10,15,17H,6-9,11-14H2,1-5H3,(H,21,25)/b16-10+. The first-order chi connectivity index (χ1) is 12.8. The Kier molecular flexibility index (Phi) is 10.1. The molecule has 1 rings (SSSR count). The molecule has 1 atom stereocenters. The average Bonchev–Trinajstić information content (AvgIpc) is 2.65. The Morgan fingerprint density at radius 3 is 2.63 bits per heavy atom. The highest BCUT2D eigenvalue weighted by Crippen LogP contribution is 2.19. The molecule has 1 N–H and O–H groups in total. The predicted octanol–water partition coefficient (Wildman–Crippen LogP) is 1.72. The van der Waals surface area contributed by atoms with Gasteiger partial charge in [0.1, 0.15) is 0 Å². The molecule has 154 valence electrons. The summed E-state index contributed by atoms with van der Waals surface area (Å²) in [5.74, 6) is -0.540. The van der Waals surface area contributed by atoms with E-state index in [0.29, 0.717) is 31.2 Å². The van der Waals surface area contributed by atoms with Gasteiger partial charge >= 0.3 is 5.97 Å². The van der Waals surface area contributed by atoms with Crippen molar-refractivity contribution in [2.75, 3.05) is 33.3 Å². The molecule has 0 bridgehead atoms. The molecule has 1 fully saturated rings. The summed E-state index contributed by atoms with van der Waals surface area (Å²) in [6.45, 7) is 9.40. The van der Waals surface area contributed by atoms with Gasteiger partial charge in [-0.3, -0.25) is 14.5 Å². The molecule has 1 saturated heterocycles. The fourth-order valence-electron chi connectivity index (χ4n) is 3.20. The monoisotopic (exact) mass is 381 g/mol. The zero-order valence-electron chi connectivity index (χ0n) is 17.4. The van der Waals surface area contributed by atoms with Crippen LogP contribution in [0.3, 0.4) is 0 Å². The Morgan fingerprint density at radius 2 is 2.00 bits per heavy atom. The number of carbonyl (C=O) groups excluding carboxylic acids is 3. The molecular weight excluding hydrogens is 346 g/mol. The number of likely N-dealkylation sites (N-methyl/N-ethyl adjacent to an activating group) is 1. The van der Waals surface area contributed by atoms with Crippen LogP contribution in [-0.4, -0.2) is 73.0 Å². The average molecular weight is 382 g/mol. The molecule has 2 amide bonds. The summed E-state index contributed by atoms with van der Waals surface area (Å²) in [7, 11) is 1.70. The summed E-state index contributed by atoms with van der Waals surface area (Å²) in [5, 5.41) is 2.79. The molecule has 0 radical (unpaired) electrons. The lowest BCUT2D eigenvalue weighted by atomic mass is 9.99. The van der Waals surface area contributed by atoms with Crippen LogP contribution >= 0.6 is 0 Å². The Bertz CT molecular complexity index is 545. The lowest BCUT2D eigenvalue weighted by Gasteiger charge is -2.37. The zero-order valence-corrected chi connectivity index (χ0v) is 17.4. The molecule has 0 aromatic carbocycles. The third-order valence-corrected chi connectivity index (χ3v) is 4.86. The maximum absolute atomic E-state index is 12.5. The van der Waals surface area contributed by atoms with Crippen LogP contribution < -0.4 is 5.32 Å². The van der Waals surface area contributed by atoms with Gasteiger partial charge in [0.2, 0.25) is 11.8 Å². The predicted molar refractivity (Wildman–Crippen MR) is 105 cm³/mol. The minimum absolute atomic E-state index is 0.00165. The van der Waals surface area contributed by atoms with Gasteiger partial charge in [0.15, 0.2) is 0 Å². The van der Waals surface area contributed by atoms with Crippen molar-refractivity contribution in [1.29, 1.82) is 0 Å². The van der Waals surface area contributed by atoms with Crippen molar-refractivity contribution in [2.24, 2.45) is 0 Å². The van der Waals surface area contributed by atoms with Crippen molar-refractivity contribution >= 4 is 17.8 Å². The second-order valence-electron chi connectivity index (χ2n) is 7.27. The van der Waals surface area contributed by atoms with E-state index in [-0.39, 0.29) is 30.4 Å². The molecule has 1 heterocycles. The third kappa shape index (κ3) is 7.71. The number of hydrogen-bond acceptors (Lipinski definition) is 5. The highest BCUT2D eigenvalue weighted by atomic mass is 16.5. The fourth-order valence-corrected chi connectivity index (χ4v) is 3.20. The highest BCUT2D eigenvalue weighted by molar-refractivity contribution is 5.88. The van der Waals surface area contributed by atoms with Crippen molar-refractivity contribution in [3.05, 3.63) is 11.6 Å². The Balaban J connectivity index is 2.41. The topological polar surface area (TPSA) is 79.0 Å². The molecule has 7 heteroatoms. The van der Waals surface area contributed by atoms with Crippen LogP contribution in [0.25, 0.3) is 0 Å². The smallest absolute Gasteiger partial charge is 0.333 e. The third-order valence-electron chi connectivity index (χ3n) is 4.86. The molecule has 7 nitrogen and oxygen atoms in total. The first-order valence-electron chi connectivity index (χ1n) is 9.89. The van der Waals surface area contributed by atoms with Gasteiger partial charge in [-0.1, -0.05) is 12.5 Å². The largest absolute Gasteiger partial charge is 0.463 e. The van der Waals surface area contributed by atoms with Crippen LogP contribution in [0.4, 0.5) is 0 Å². The molecule has 1 aliphatic heterocycles. The van der Waals surface area contributed by atoms with Crippen LogP contribution in [0.5, 0.6) is 0 Å². The summed E-state index contributed by atoms with van der Waals surface area (Å²) < 4.78 is 4.92.